The van der Waals surface area contributed by atoms with E-state index < -0.39 is 5.79 Å². The van der Waals surface area contributed by atoms with Gasteiger partial charge in [0.15, 0.2) is 5.79 Å². The van der Waals surface area contributed by atoms with Gasteiger partial charge in [-0.2, -0.15) is 5.10 Å². The van der Waals surface area contributed by atoms with Gasteiger partial charge in [-0.15, -0.1) is 0 Å². The van der Waals surface area contributed by atoms with Crippen LogP contribution in [0.2, 0.25) is 0 Å². The molecule has 1 heterocycles. The number of nitrogen functional groups attached to an aromatic ring is 1. The Morgan fingerprint density at radius 1 is 1.37 bits per heavy atom. The average Bonchev–Trinajstić information content (AvgIpc) is 2.92. The van der Waals surface area contributed by atoms with Gasteiger partial charge in [0.2, 0.25) is 0 Å². The number of nitrogens with two attached hydrogens (primary N) is 1. The van der Waals surface area contributed by atoms with Crippen molar-refractivity contribution in [2.45, 2.75) is 57.3 Å². The zero-order chi connectivity index (χ0) is 14.3. The SMILES string of the molecule is COC1(OC)CCC(c2cc(N)nn2C(C)(C)C)C1. The third-order valence-corrected chi connectivity index (χ3v) is 3.98. The molecular weight excluding hydrogens is 242 g/mol. The van der Waals surface area contributed by atoms with Crippen LogP contribution in [0.5, 0.6) is 0 Å². The molecule has 0 aromatic carbocycles. The van der Waals surface area contributed by atoms with Crippen molar-refractivity contribution in [1.82, 2.24) is 9.78 Å². The second kappa shape index (κ2) is 4.80. The van der Waals surface area contributed by atoms with Gasteiger partial charge in [-0.05, 0) is 27.2 Å². The highest BCUT2D eigenvalue weighted by Crippen LogP contribution is 2.44. The summed E-state index contributed by atoms with van der Waals surface area (Å²) >= 11 is 0. The van der Waals surface area contributed by atoms with Crippen molar-refractivity contribution in [3.8, 4) is 0 Å². The second-order valence-corrected chi connectivity index (χ2v) is 6.34. The minimum atomic E-state index is -0.452. The molecule has 1 aliphatic rings. The van der Waals surface area contributed by atoms with Crippen molar-refractivity contribution in [1.29, 1.82) is 0 Å². The summed E-state index contributed by atoms with van der Waals surface area (Å²) in [6, 6.07) is 1.98. The predicted molar refractivity (Wildman–Crippen MR) is 75.0 cm³/mol. The number of nitrogens with zero attached hydrogens (tertiary/aromatic N) is 2. The van der Waals surface area contributed by atoms with Gasteiger partial charge >= 0.3 is 0 Å². The van der Waals surface area contributed by atoms with Crippen LogP contribution in [-0.2, 0) is 15.0 Å². The van der Waals surface area contributed by atoms with Crippen LogP contribution in [-0.4, -0.2) is 29.8 Å². The molecule has 0 saturated heterocycles. The van der Waals surface area contributed by atoms with E-state index in [4.69, 9.17) is 15.2 Å². The maximum Gasteiger partial charge on any atom is 0.168 e. The zero-order valence-corrected chi connectivity index (χ0v) is 12.6. The van der Waals surface area contributed by atoms with Gasteiger partial charge in [-0.25, -0.2) is 0 Å². The molecule has 5 nitrogen and oxygen atoms in total. The molecule has 108 valence electrons. The Labute approximate surface area is 115 Å². The van der Waals surface area contributed by atoms with Crippen molar-refractivity contribution in [3.05, 3.63) is 11.8 Å². The van der Waals surface area contributed by atoms with Gasteiger partial charge in [0.25, 0.3) is 0 Å². The van der Waals surface area contributed by atoms with E-state index in [1.807, 2.05) is 10.7 Å². The quantitative estimate of drug-likeness (QED) is 0.855. The van der Waals surface area contributed by atoms with Crippen molar-refractivity contribution >= 4 is 5.82 Å². The van der Waals surface area contributed by atoms with Crippen LogP contribution in [0.25, 0.3) is 0 Å². The second-order valence-electron chi connectivity index (χ2n) is 6.34. The first kappa shape index (κ1) is 14.3. The van der Waals surface area contributed by atoms with Crippen molar-refractivity contribution < 1.29 is 9.47 Å². The highest BCUT2D eigenvalue weighted by Gasteiger charge is 2.42. The lowest BCUT2D eigenvalue weighted by molar-refractivity contribution is -0.201. The number of methoxy groups -OCH3 is 2. The molecule has 19 heavy (non-hydrogen) atoms. The van der Waals surface area contributed by atoms with E-state index >= 15 is 0 Å². The minimum Gasteiger partial charge on any atom is -0.382 e. The van der Waals surface area contributed by atoms with Crippen LogP contribution < -0.4 is 5.73 Å². The lowest BCUT2D eigenvalue weighted by Crippen LogP contribution is -2.31. The number of hydrogen-bond donors (Lipinski definition) is 1. The third-order valence-electron chi connectivity index (χ3n) is 3.98. The number of rotatable bonds is 3. The van der Waals surface area contributed by atoms with Crippen LogP contribution in [0, 0.1) is 0 Å². The monoisotopic (exact) mass is 267 g/mol. The van der Waals surface area contributed by atoms with E-state index in [0.29, 0.717) is 11.7 Å². The van der Waals surface area contributed by atoms with Gasteiger partial charge in [0.1, 0.15) is 5.82 Å². The number of hydrogen-bond acceptors (Lipinski definition) is 4. The molecule has 2 N–H and O–H groups in total. The average molecular weight is 267 g/mol. The highest BCUT2D eigenvalue weighted by atomic mass is 16.7. The van der Waals surface area contributed by atoms with E-state index in [2.05, 4.69) is 25.9 Å². The maximum atomic E-state index is 5.88. The normalized spacial score (nSPS) is 22.9. The molecule has 1 atom stereocenters. The molecular formula is C14H25N3O2. The lowest BCUT2D eigenvalue weighted by atomic mass is 10.0. The van der Waals surface area contributed by atoms with Gasteiger partial charge < -0.3 is 15.2 Å². The molecule has 2 rings (SSSR count). The fraction of sp³-hybridized carbons (Fsp3) is 0.786. The van der Waals surface area contributed by atoms with Gasteiger partial charge in [-0.3, -0.25) is 4.68 Å². The molecule has 1 aromatic rings. The first-order chi connectivity index (χ1) is 8.81. The Balaban J connectivity index is 2.29. The van der Waals surface area contributed by atoms with Crippen LogP contribution >= 0.6 is 0 Å². The fourth-order valence-electron chi connectivity index (χ4n) is 2.92. The molecule has 1 saturated carbocycles. The van der Waals surface area contributed by atoms with Crippen LogP contribution in [0.15, 0.2) is 6.07 Å². The first-order valence-corrected chi connectivity index (χ1v) is 6.77. The fourth-order valence-corrected chi connectivity index (χ4v) is 2.92. The van der Waals surface area contributed by atoms with E-state index in [1.54, 1.807) is 14.2 Å². The van der Waals surface area contributed by atoms with E-state index in [1.165, 1.54) is 5.69 Å². The van der Waals surface area contributed by atoms with Crippen LogP contribution in [0.4, 0.5) is 5.82 Å². The zero-order valence-electron chi connectivity index (χ0n) is 12.6. The Kier molecular flexibility index (Phi) is 3.62. The standard InChI is InChI=1S/C14H25N3O2/c1-13(2,3)17-11(8-12(15)16-17)10-6-7-14(9-10,18-4)19-5/h8,10H,6-7,9H2,1-5H3,(H2,15,16). The summed E-state index contributed by atoms with van der Waals surface area (Å²) in [6.07, 6.45) is 2.78. The predicted octanol–water partition coefficient (Wildman–Crippen LogP) is 2.48. The van der Waals surface area contributed by atoms with Gasteiger partial charge in [0, 0.05) is 44.7 Å². The number of aromatic nitrogens is 2. The summed E-state index contributed by atoms with van der Waals surface area (Å²) in [4.78, 5) is 0. The number of anilines is 1. The largest absolute Gasteiger partial charge is 0.382 e. The summed E-state index contributed by atoms with van der Waals surface area (Å²) < 4.78 is 13.1. The van der Waals surface area contributed by atoms with E-state index in [9.17, 15) is 0 Å². The summed E-state index contributed by atoms with van der Waals surface area (Å²) in [5.74, 6) is 0.507. The van der Waals surface area contributed by atoms with Crippen molar-refractivity contribution in [2.75, 3.05) is 20.0 Å². The summed E-state index contributed by atoms with van der Waals surface area (Å²) in [7, 11) is 3.42. The molecule has 1 aromatic heterocycles. The molecule has 0 radical (unpaired) electrons. The molecule has 1 aliphatic carbocycles. The minimum absolute atomic E-state index is 0.0711. The topological polar surface area (TPSA) is 62.3 Å². The maximum absolute atomic E-state index is 5.88. The Hall–Kier alpha value is -1.07. The summed E-state index contributed by atoms with van der Waals surface area (Å²) in [5, 5.41) is 4.44. The molecule has 1 fully saturated rings. The molecule has 5 heteroatoms. The Morgan fingerprint density at radius 2 is 2.00 bits per heavy atom. The van der Waals surface area contributed by atoms with Crippen molar-refractivity contribution in [2.24, 2.45) is 0 Å². The van der Waals surface area contributed by atoms with Crippen LogP contribution in [0.3, 0.4) is 0 Å². The number of ether oxygens (including phenoxy) is 2. The van der Waals surface area contributed by atoms with Gasteiger partial charge in [-0.1, -0.05) is 0 Å². The molecule has 0 aliphatic heterocycles. The summed E-state index contributed by atoms with van der Waals surface area (Å²) in [5.41, 5.74) is 6.99. The lowest BCUT2D eigenvalue weighted by Gasteiger charge is -2.27. The van der Waals surface area contributed by atoms with E-state index in [-0.39, 0.29) is 5.54 Å². The Morgan fingerprint density at radius 3 is 2.47 bits per heavy atom. The van der Waals surface area contributed by atoms with E-state index in [0.717, 1.165) is 19.3 Å². The molecule has 0 amide bonds. The van der Waals surface area contributed by atoms with Crippen molar-refractivity contribution in [3.63, 3.8) is 0 Å². The molecule has 0 spiro atoms. The van der Waals surface area contributed by atoms with Gasteiger partial charge in [0.05, 0.1) is 5.54 Å². The Bertz CT molecular complexity index is 444. The molecule has 0 bridgehead atoms. The molecule has 1 unspecified atom stereocenters. The summed E-state index contributed by atoms with van der Waals surface area (Å²) in [6.45, 7) is 6.41. The third kappa shape index (κ3) is 2.62. The highest BCUT2D eigenvalue weighted by molar-refractivity contribution is 5.32. The first-order valence-electron chi connectivity index (χ1n) is 6.77. The smallest absolute Gasteiger partial charge is 0.168 e. The van der Waals surface area contributed by atoms with Crippen LogP contribution in [0.1, 0.15) is 51.6 Å².